The number of nitrogens with one attached hydrogen (secondary N) is 4. The highest BCUT2D eigenvalue weighted by Gasteiger charge is 2.32. The van der Waals surface area contributed by atoms with Crippen molar-refractivity contribution in [2.45, 2.75) is 52.1 Å². The zero-order valence-corrected chi connectivity index (χ0v) is 38.3. The minimum Gasteiger partial charge on any atom is -0.324 e. The van der Waals surface area contributed by atoms with Crippen molar-refractivity contribution in [3.8, 4) is 0 Å². The van der Waals surface area contributed by atoms with Gasteiger partial charge >= 0.3 is 12.4 Å². The van der Waals surface area contributed by atoms with Gasteiger partial charge in [0.2, 0.25) is 12.1 Å². The lowest BCUT2D eigenvalue weighted by Crippen LogP contribution is -2.33. The van der Waals surface area contributed by atoms with Gasteiger partial charge in [-0.05, 0) is 124 Å². The Hall–Kier alpha value is -6.74. The van der Waals surface area contributed by atoms with E-state index < -0.39 is 70.8 Å². The molecule has 0 spiro atoms. The van der Waals surface area contributed by atoms with E-state index in [9.17, 15) is 55.1 Å². The van der Waals surface area contributed by atoms with Crippen LogP contribution in [0.15, 0.2) is 105 Å². The molecule has 2 unspecified atom stereocenters. The third kappa shape index (κ3) is 13.5. The molecule has 0 saturated heterocycles. The number of azo groups is 2. The van der Waals surface area contributed by atoms with Crippen LogP contribution in [0.5, 0.6) is 0 Å². The van der Waals surface area contributed by atoms with Gasteiger partial charge in [0.05, 0.1) is 43.9 Å². The zero-order valence-electron chi connectivity index (χ0n) is 35.3. The number of benzene rings is 5. The lowest BCUT2D eigenvalue weighted by molar-refractivity contribution is -0.138. The van der Waals surface area contributed by atoms with E-state index in [0.29, 0.717) is 23.3 Å². The van der Waals surface area contributed by atoms with Crippen LogP contribution in [0, 0.1) is 13.8 Å². The van der Waals surface area contributed by atoms with Gasteiger partial charge < -0.3 is 21.3 Å². The quantitative estimate of drug-likeness (QED) is 0.0484. The monoisotopic (exact) mass is 1020 g/mol. The molecule has 5 aromatic carbocycles. The molecule has 14 nitrogen and oxygen atoms in total. The largest absolute Gasteiger partial charge is 0.416 e. The molecule has 4 N–H and O–H groups in total. The van der Waals surface area contributed by atoms with Crippen LogP contribution in [0.25, 0.3) is 0 Å². The summed E-state index contributed by atoms with van der Waals surface area (Å²) in [6.45, 7) is 5.33. The maximum absolute atomic E-state index is 13.4. The van der Waals surface area contributed by atoms with Gasteiger partial charge in [-0.15, -0.1) is 0 Å². The van der Waals surface area contributed by atoms with Crippen molar-refractivity contribution < 1.29 is 55.1 Å². The van der Waals surface area contributed by atoms with Crippen molar-refractivity contribution in [1.29, 1.82) is 0 Å². The van der Waals surface area contributed by atoms with Crippen LogP contribution >= 0.6 is 46.4 Å². The number of ketones is 2. The van der Waals surface area contributed by atoms with Crippen molar-refractivity contribution in [2.75, 3.05) is 21.3 Å². The third-order valence-corrected chi connectivity index (χ3v) is 10.6. The van der Waals surface area contributed by atoms with Gasteiger partial charge in [0.1, 0.15) is 0 Å². The maximum Gasteiger partial charge on any atom is 0.416 e. The van der Waals surface area contributed by atoms with E-state index >= 15 is 0 Å². The van der Waals surface area contributed by atoms with Crippen LogP contribution in [0.3, 0.4) is 0 Å². The van der Waals surface area contributed by atoms with E-state index in [1.165, 1.54) is 48.5 Å². The van der Waals surface area contributed by atoms with E-state index in [0.717, 1.165) is 38.1 Å². The van der Waals surface area contributed by atoms with Gasteiger partial charge in [0.15, 0.2) is 11.6 Å². The molecule has 5 rings (SSSR count). The molecule has 354 valence electrons. The fourth-order valence-electron chi connectivity index (χ4n) is 5.88. The van der Waals surface area contributed by atoms with Gasteiger partial charge in [0, 0.05) is 32.5 Å². The van der Waals surface area contributed by atoms with E-state index in [4.69, 9.17) is 46.4 Å². The molecular weight excluding hydrogens is 992 g/mol. The molecule has 0 aliphatic heterocycles. The number of alkyl halides is 6. The first kappa shape index (κ1) is 52.2. The average Bonchev–Trinajstić information content (AvgIpc) is 3.23. The summed E-state index contributed by atoms with van der Waals surface area (Å²) < 4.78 is 78.3. The van der Waals surface area contributed by atoms with E-state index in [1.54, 1.807) is 13.8 Å². The molecule has 0 aromatic heterocycles. The highest BCUT2D eigenvalue weighted by Crippen LogP contribution is 2.36. The molecule has 0 fully saturated rings. The lowest BCUT2D eigenvalue weighted by atomic mass is 10.0. The fraction of sp³-hybridized carbons (Fsp3) is 0.182. The summed E-state index contributed by atoms with van der Waals surface area (Å²) in [6, 6.07) is 11.5. The molecule has 0 saturated carbocycles. The number of rotatable bonds is 14. The van der Waals surface area contributed by atoms with Gasteiger partial charge in [-0.25, -0.2) is 0 Å². The number of anilines is 4. The number of hydrogen-bond donors (Lipinski definition) is 4. The van der Waals surface area contributed by atoms with Crippen LogP contribution in [-0.4, -0.2) is 47.3 Å². The first-order chi connectivity index (χ1) is 31.7. The molecule has 4 amide bonds. The summed E-state index contributed by atoms with van der Waals surface area (Å²) in [5, 5.41) is 24.7. The predicted octanol–water partition coefficient (Wildman–Crippen LogP) is 12.8. The molecule has 24 heteroatoms. The normalized spacial score (nSPS) is 12.7. The summed E-state index contributed by atoms with van der Waals surface area (Å²) in [6.07, 6.45) is -9.33. The Labute approximate surface area is 401 Å². The molecule has 0 aliphatic rings. The summed E-state index contributed by atoms with van der Waals surface area (Å²) in [5.74, 6) is -4.95. The van der Waals surface area contributed by atoms with Crippen LogP contribution in [0.1, 0.15) is 56.8 Å². The summed E-state index contributed by atoms with van der Waals surface area (Å²) in [5.41, 5.74) is -1.46. The van der Waals surface area contributed by atoms with Gasteiger partial charge in [0.25, 0.3) is 23.6 Å². The highest BCUT2D eigenvalue weighted by molar-refractivity contribution is 6.35. The Morgan fingerprint density at radius 2 is 0.824 bits per heavy atom. The van der Waals surface area contributed by atoms with Crippen molar-refractivity contribution in [2.24, 2.45) is 20.5 Å². The highest BCUT2D eigenvalue weighted by atomic mass is 35.5. The molecular formula is C44H32Cl4F6N8O6. The molecule has 68 heavy (non-hydrogen) atoms. The number of hydrogen-bond acceptors (Lipinski definition) is 10. The number of amides is 4. The Kier molecular flexibility index (Phi) is 16.5. The number of nitrogens with zero attached hydrogens (tertiary/aromatic N) is 4. The Morgan fingerprint density at radius 1 is 0.485 bits per heavy atom. The second-order valence-electron chi connectivity index (χ2n) is 14.5. The molecule has 2 atom stereocenters. The Morgan fingerprint density at radius 3 is 1.13 bits per heavy atom. The van der Waals surface area contributed by atoms with Gasteiger partial charge in [-0.2, -0.15) is 46.8 Å². The van der Waals surface area contributed by atoms with E-state index in [-0.39, 0.29) is 65.3 Å². The lowest BCUT2D eigenvalue weighted by Gasteiger charge is -2.17. The standard InChI is InChI=1S/C44H32Cl4F6N8O6/c1-19-20(2)34(56-42(68)38(22(4)64)62-60-30-14-24(12-28(46)18-30)40(66)58-36-8-6-26(16-32(36)48)44(52,53)54)10-9-33(19)55-41(67)37(21(3)63)61-59-29-13-23(11-27(45)17-29)39(65)57-35-7-5-25(15-31(35)47)43(49,50)51/h5-18,37-38H,1-4H3,(H,55,67)(H,56,68)(H,57,65)(H,58,66). The second-order valence-corrected chi connectivity index (χ2v) is 16.2. The smallest absolute Gasteiger partial charge is 0.324 e. The second kappa shape index (κ2) is 21.5. The molecule has 5 aromatic rings. The first-order valence-electron chi connectivity index (χ1n) is 19.2. The van der Waals surface area contributed by atoms with Crippen LogP contribution in [0.4, 0.5) is 60.5 Å². The summed E-state index contributed by atoms with van der Waals surface area (Å²) >= 11 is 24.3. The van der Waals surface area contributed by atoms with Gasteiger partial charge in [-0.1, -0.05) is 46.4 Å². The third-order valence-electron chi connectivity index (χ3n) is 9.53. The Balaban J connectivity index is 1.26. The van der Waals surface area contributed by atoms with Crippen LogP contribution in [-0.2, 0) is 31.5 Å². The van der Waals surface area contributed by atoms with Crippen LogP contribution in [0.2, 0.25) is 20.1 Å². The number of carbonyl (C=O) groups excluding carboxylic acids is 6. The molecule has 0 bridgehead atoms. The van der Waals surface area contributed by atoms with Crippen molar-refractivity contribution >= 4 is 116 Å². The van der Waals surface area contributed by atoms with Gasteiger partial charge in [-0.3, -0.25) is 28.8 Å². The number of carbonyl (C=O) groups is 6. The van der Waals surface area contributed by atoms with Crippen molar-refractivity contribution in [3.63, 3.8) is 0 Å². The SMILES string of the molecule is CC(=O)C(N=Nc1cc(Cl)cc(C(=O)Nc2ccc(C(F)(F)F)cc2Cl)c1)C(=O)Nc1ccc(NC(=O)C(N=Nc2cc(Cl)cc(C(=O)Nc3ccc(C(F)(F)F)cc3Cl)c2)C(C)=O)c(C)c1C. The van der Waals surface area contributed by atoms with Crippen molar-refractivity contribution in [3.05, 3.63) is 138 Å². The molecule has 0 radical (unpaired) electrons. The average molecular weight is 1020 g/mol. The molecule has 0 aliphatic carbocycles. The Bertz CT molecular complexity index is 2740. The fourth-order valence-corrected chi connectivity index (χ4v) is 6.79. The minimum atomic E-state index is -4.66. The van der Waals surface area contributed by atoms with E-state index in [1.807, 2.05) is 0 Å². The van der Waals surface area contributed by atoms with E-state index in [2.05, 4.69) is 41.7 Å². The zero-order chi connectivity index (χ0) is 50.4. The summed E-state index contributed by atoms with van der Waals surface area (Å²) in [7, 11) is 0. The molecule has 0 heterocycles. The topological polar surface area (TPSA) is 200 Å². The predicted molar refractivity (Wildman–Crippen MR) is 243 cm³/mol. The minimum absolute atomic E-state index is 0.0170. The number of halogens is 10. The number of Topliss-reactive ketones (excluding diaryl/α,β-unsaturated/α-hetero) is 2. The summed E-state index contributed by atoms with van der Waals surface area (Å²) in [4.78, 5) is 77.9. The first-order valence-corrected chi connectivity index (χ1v) is 20.7. The van der Waals surface area contributed by atoms with Crippen molar-refractivity contribution in [1.82, 2.24) is 0 Å². The maximum atomic E-state index is 13.4. The van der Waals surface area contributed by atoms with Crippen LogP contribution < -0.4 is 21.3 Å².